The highest BCUT2D eigenvalue weighted by molar-refractivity contribution is 7.10. The Morgan fingerprint density at radius 3 is 2.96 bits per heavy atom. The molecule has 24 heavy (non-hydrogen) atoms. The largest absolute Gasteiger partial charge is 0.351 e. The van der Waals surface area contributed by atoms with Crippen LogP contribution in [0.1, 0.15) is 37.0 Å². The summed E-state index contributed by atoms with van der Waals surface area (Å²) in [4.78, 5) is 20.2. The minimum Gasteiger partial charge on any atom is -0.351 e. The molecule has 0 unspecified atom stereocenters. The van der Waals surface area contributed by atoms with E-state index in [0.717, 1.165) is 29.1 Å². The van der Waals surface area contributed by atoms with E-state index in [1.54, 1.807) is 11.3 Å². The van der Waals surface area contributed by atoms with E-state index in [4.69, 9.17) is 0 Å². The highest BCUT2D eigenvalue weighted by Crippen LogP contribution is 2.25. The molecular weight excluding hydrogens is 318 g/mol. The molecule has 1 saturated heterocycles. The van der Waals surface area contributed by atoms with E-state index in [1.165, 1.54) is 19.3 Å². The highest BCUT2D eigenvalue weighted by atomic mass is 32.1. The van der Waals surface area contributed by atoms with Gasteiger partial charge in [0.15, 0.2) is 0 Å². The fourth-order valence-corrected chi connectivity index (χ4v) is 4.02. The van der Waals surface area contributed by atoms with Gasteiger partial charge in [0.05, 0.1) is 22.6 Å². The maximum Gasteiger partial charge on any atom is 0.220 e. The predicted molar refractivity (Wildman–Crippen MR) is 98.9 cm³/mol. The van der Waals surface area contributed by atoms with Crippen molar-refractivity contribution in [3.05, 3.63) is 40.7 Å². The van der Waals surface area contributed by atoms with Crippen molar-refractivity contribution >= 4 is 17.2 Å². The summed E-state index contributed by atoms with van der Waals surface area (Å²) >= 11 is 1.60. The summed E-state index contributed by atoms with van der Waals surface area (Å²) in [6.45, 7) is 1.72. The quantitative estimate of drug-likeness (QED) is 0.870. The maximum atomic E-state index is 12.2. The van der Waals surface area contributed by atoms with E-state index in [9.17, 15) is 4.79 Å². The molecule has 2 heterocycles. The van der Waals surface area contributed by atoms with Crippen molar-refractivity contribution in [2.75, 3.05) is 13.6 Å². The van der Waals surface area contributed by atoms with Crippen LogP contribution in [0.3, 0.4) is 0 Å². The Morgan fingerprint density at radius 2 is 2.17 bits per heavy atom. The van der Waals surface area contributed by atoms with Gasteiger partial charge in [0, 0.05) is 18.0 Å². The van der Waals surface area contributed by atoms with Gasteiger partial charge in [-0.05, 0) is 32.9 Å². The number of nitrogens with zero attached hydrogens (tertiary/aromatic N) is 2. The monoisotopic (exact) mass is 343 g/mol. The van der Waals surface area contributed by atoms with Crippen molar-refractivity contribution in [3.8, 4) is 11.3 Å². The maximum absolute atomic E-state index is 12.2. The van der Waals surface area contributed by atoms with Gasteiger partial charge in [0.25, 0.3) is 0 Å². The van der Waals surface area contributed by atoms with Crippen molar-refractivity contribution in [1.29, 1.82) is 0 Å². The third kappa shape index (κ3) is 4.42. The zero-order valence-corrected chi connectivity index (χ0v) is 15.0. The Bertz CT molecular complexity index is 656. The van der Waals surface area contributed by atoms with E-state index >= 15 is 0 Å². The summed E-state index contributed by atoms with van der Waals surface area (Å²) in [5.41, 5.74) is 3.93. The number of hydrogen-bond acceptors (Lipinski definition) is 4. The predicted octanol–water partition coefficient (Wildman–Crippen LogP) is 3.69. The SMILES string of the molecule is CN1CCCC[C@H]1CCC(=O)NCc1scnc1-c1ccccc1. The number of piperidine rings is 1. The molecule has 0 aliphatic carbocycles. The second-order valence-electron chi connectivity index (χ2n) is 6.44. The van der Waals surface area contributed by atoms with Crippen LogP contribution in [0.2, 0.25) is 0 Å². The molecular formula is C19H25N3OS. The molecule has 0 saturated carbocycles. The van der Waals surface area contributed by atoms with Crippen LogP contribution < -0.4 is 5.32 Å². The van der Waals surface area contributed by atoms with E-state index in [-0.39, 0.29) is 5.91 Å². The van der Waals surface area contributed by atoms with E-state index in [0.29, 0.717) is 19.0 Å². The molecule has 1 atom stereocenters. The van der Waals surface area contributed by atoms with Crippen molar-refractivity contribution in [2.45, 2.75) is 44.7 Å². The van der Waals surface area contributed by atoms with Gasteiger partial charge >= 0.3 is 0 Å². The molecule has 1 amide bonds. The first-order valence-corrected chi connectivity index (χ1v) is 9.56. The van der Waals surface area contributed by atoms with Gasteiger partial charge in [-0.2, -0.15) is 0 Å². The summed E-state index contributed by atoms with van der Waals surface area (Å²) in [7, 11) is 2.17. The second-order valence-corrected chi connectivity index (χ2v) is 7.38. The van der Waals surface area contributed by atoms with E-state index < -0.39 is 0 Å². The number of benzene rings is 1. The molecule has 1 fully saturated rings. The Balaban J connectivity index is 1.49. The normalized spacial score (nSPS) is 18.5. The number of rotatable bonds is 6. The fraction of sp³-hybridized carbons (Fsp3) is 0.474. The van der Waals surface area contributed by atoms with Crippen molar-refractivity contribution < 1.29 is 4.79 Å². The standard InChI is InChI=1S/C19H25N3OS/c1-22-12-6-5-9-16(22)10-11-18(23)20-13-17-19(21-14-24-17)15-7-3-2-4-8-15/h2-4,7-8,14,16H,5-6,9-13H2,1H3,(H,20,23)/t16-/m0/s1. The smallest absolute Gasteiger partial charge is 0.220 e. The van der Waals surface area contributed by atoms with E-state index in [1.807, 2.05) is 23.7 Å². The van der Waals surface area contributed by atoms with Gasteiger partial charge in [0.2, 0.25) is 5.91 Å². The molecule has 1 aliphatic rings. The number of amides is 1. The van der Waals surface area contributed by atoms with Crippen LogP contribution in [0.5, 0.6) is 0 Å². The Hall–Kier alpha value is -1.72. The molecule has 1 aromatic heterocycles. The number of aromatic nitrogens is 1. The van der Waals surface area contributed by atoms with Crippen LogP contribution >= 0.6 is 11.3 Å². The lowest BCUT2D eigenvalue weighted by Crippen LogP contribution is -2.37. The van der Waals surface area contributed by atoms with Crippen LogP contribution in [0.15, 0.2) is 35.8 Å². The average Bonchev–Trinajstić information content (AvgIpc) is 3.08. The lowest BCUT2D eigenvalue weighted by Gasteiger charge is -2.32. The Labute approximate surface area is 147 Å². The third-order valence-corrected chi connectivity index (χ3v) is 5.59. The Kier molecular flexibility index (Phi) is 5.99. The zero-order valence-electron chi connectivity index (χ0n) is 14.2. The van der Waals surface area contributed by atoms with E-state index in [2.05, 4.69) is 34.4 Å². The van der Waals surface area contributed by atoms with Crippen LogP contribution in [-0.4, -0.2) is 35.4 Å². The minimum atomic E-state index is 0.140. The van der Waals surface area contributed by atoms with Crippen LogP contribution in [-0.2, 0) is 11.3 Å². The number of hydrogen-bond donors (Lipinski definition) is 1. The molecule has 1 aromatic carbocycles. The van der Waals surface area contributed by atoms with Gasteiger partial charge < -0.3 is 10.2 Å². The van der Waals surface area contributed by atoms with Gasteiger partial charge in [-0.1, -0.05) is 36.8 Å². The van der Waals surface area contributed by atoms with Crippen LogP contribution in [0.25, 0.3) is 11.3 Å². The highest BCUT2D eigenvalue weighted by Gasteiger charge is 2.19. The first kappa shape index (κ1) is 17.1. The molecule has 1 aliphatic heterocycles. The summed E-state index contributed by atoms with van der Waals surface area (Å²) in [6, 6.07) is 10.7. The van der Waals surface area contributed by atoms with Crippen molar-refractivity contribution in [3.63, 3.8) is 0 Å². The van der Waals surface area contributed by atoms with Gasteiger partial charge in [-0.15, -0.1) is 11.3 Å². The molecule has 2 aromatic rings. The summed E-state index contributed by atoms with van der Waals surface area (Å²) < 4.78 is 0. The number of carbonyl (C=O) groups is 1. The topological polar surface area (TPSA) is 45.2 Å². The molecule has 128 valence electrons. The average molecular weight is 343 g/mol. The zero-order chi connectivity index (χ0) is 16.8. The molecule has 1 N–H and O–H groups in total. The molecule has 5 heteroatoms. The lowest BCUT2D eigenvalue weighted by molar-refractivity contribution is -0.121. The van der Waals surface area contributed by atoms with Crippen LogP contribution in [0.4, 0.5) is 0 Å². The second kappa shape index (κ2) is 8.40. The molecule has 0 spiro atoms. The Morgan fingerprint density at radius 1 is 1.33 bits per heavy atom. The first-order chi connectivity index (χ1) is 11.7. The number of carbonyl (C=O) groups excluding carboxylic acids is 1. The van der Waals surface area contributed by atoms with Crippen LogP contribution in [0, 0.1) is 0 Å². The number of likely N-dealkylation sites (tertiary alicyclic amines) is 1. The summed E-state index contributed by atoms with van der Waals surface area (Å²) in [5.74, 6) is 0.140. The first-order valence-electron chi connectivity index (χ1n) is 8.69. The summed E-state index contributed by atoms with van der Waals surface area (Å²) in [5, 5.41) is 3.06. The lowest BCUT2D eigenvalue weighted by atomic mass is 9.98. The van der Waals surface area contributed by atoms with Gasteiger partial charge in [-0.25, -0.2) is 4.98 Å². The number of thiazole rings is 1. The molecule has 4 nitrogen and oxygen atoms in total. The number of nitrogens with one attached hydrogen (secondary N) is 1. The molecule has 3 rings (SSSR count). The fourth-order valence-electron chi connectivity index (χ4n) is 3.30. The minimum absolute atomic E-state index is 0.140. The van der Waals surface area contributed by atoms with Crippen molar-refractivity contribution in [2.24, 2.45) is 0 Å². The van der Waals surface area contributed by atoms with Gasteiger partial charge in [0.1, 0.15) is 0 Å². The summed E-state index contributed by atoms with van der Waals surface area (Å²) in [6.07, 6.45) is 5.35. The third-order valence-electron chi connectivity index (χ3n) is 4.76. The van der Waals surface area contributed by atoms with Crippen molar-refractivity contribution in [1.82, 2.24) is 15.2 Å². The molecule has 0 bridgehead atoms. The van der Waals surface area contributed by atoms with Gasteiger partial charge in [-0.3, -0.25) is 4.79 Å². The molecule has 0 radical (unpaired) electrons.